The molecule has 0 unspecified atom stereocenters. The van der Waals surface area contributed by atoms with Gasteiger partial charge >= 0.3 is 0 Å². The lowest BCUT2D eigenvalue weighted by Gasteiger charge is -2.43. The number of halogens is 2. The highest BCUT2D eigenvalue weighted by Gasteiger charge is 2.35. The summed E-state index contributed by atoms with van der Waals surface area (Å²) in [5.41, 5.74) is 3.59. The van der Waals surface area contributed by atoms with Gasteiger partial charge in [0.1, 0.15) is 17.1 Å². The first-order chi connectivity index (χ1) is 16.1. The highest BCUT2D eigenvalue weighted by atomic mass is 19.1. The van der Waals surface area contributed by atoms with E-state index < -0.39 is 17.2 Å². The highest BCUT2D eigenvalue weighted by molar-refractivity contribution is 5.72. The third kappa shape index (κ3) is 4.22. The molecular formula is C26H29F2N5O. The molecule has 0 amide bonds. The molecule has 0 aliphatic carbocycles. The van der Waals surface area contributed by atoms with E-state index in [0.717, 1.165) is 30.7 Å². The molecule has 2 aromatic heterocycles. The second-order valence-corrected chi connectivity index (χ2v) is 10.1. The van der Waals surface area contributed by atoms with Crippen LogP contribution >= 0.6 is 0 Å². The van der Waals surface area contributed by atoms with E-state index in [-0.39, 0.29) is 17.5 Å². The molecule has 0 bridgehead atoms. The molecule has 34 heavy (non-hydrogen) atoms. The first-order valence-corrected chi connectivity index (χ1v) is 11.6. The Bertz CT molecular complexity index is 1260. The number of aromatic nitrogens is 3. The van der Waals surface area contributed by atoms with Gasteiger partial charge in [-0.15, -0.1) is 0 Å². The van der Waals surface area contributed by atoms with Gasteiger partial charge in [0.05, 0.1) is 30.5 Å². The fourth-order valence-corrected chi connectivity index (χ4v) is 4.71. The fraction of sp³-hybridized carbons (Fsp3) is 0.423. The largest absolute Gasteiger partial charge is 0.481 e. The van der Waals surface area contributed by atoms with Crippen molar-refractivity contribution >= 4 is 5.69 Å². The normalized spacial score (nSPS) is 17.0. The van der Waals surface area contributed by atoms with Crippen LogP contribution in [0.15, 0.2) is 30.5 Å². The zero-order valence-corrected chi connectivity index (χ0v) is 20.2. The summed E-state index contributed by atoms with van der Waals surface area (Å²) in [6, 6.07) is 7.20. The number of nitrogens with zero attached hydrogens (tertiary/aromatic N) is 5. The molecule has 0 atom stereocenters. The van der Waals surface area contributed by atoms with E-state index in [1.54, 1.807) is 6.07 Å². The predicted molar refractivity (Wildman–Crippen MR) is 127 cm³/mol. The number of rotatable bonds is 4. The molecule has 2 aliphatic rings. The van der Waals surface area contributed by atoms with E-state index in [9.17, 15) is 4.39 Å². The first kappa shape index (κ1) is 22.7. The summed E-state index contributed by atoms with van der Waals surface area (Å²) < 4.78 is 36.0. The molecule has 178 valence electrons. The lowest BCUT2D eigenvalue weighted by Crippen LogP contribution is -2.49. The van der Waals surface area contributed by atoms with Crippen LogP contribution in [0.2, 0.25) is 0 Å². The van der Waals surface area contributed by atoms with Crippen LogP contribution in [0, 0.1) is 11.6 Å². The molecule has 0 fully saturated rings. The number of hydrogen-bond acceptors (Lipinski definition) is 6. The molecule has 8 heteroatoms. The summed E-state index contributed by atoms with van der Waals surface area (Å²) in [7, 11) is 2.06. The van der Waals surface area contributed by atoms with Crippen LogP contribution in [-0.4, -0.2) is 45.1 Å². The maximum absolute atomic E-state index is 15.2. The van der Waals surface area contributed by atoms with Gasteiger partial charge in [0.15, 0.2) is 17.4 Å². The van der Waals surface area contributed by atoms with Gasteiger partial charge < -0.3 is 9.64 Å². The number of benzene rings is 1. The topological polar surface area (TPSA) is 54.4 Å². The fourth-order valence-electron chi connectivity index (χ4n) is 4.71. The smallest absolute Gasteiger partial charge is 0.179 e. The van der Waals surface area contributed by atoms with Gasteiger partial charge in [0.25, 0.3) is 0 Å². The average Bonchev–Trinajstić information content (AvgIpc) is 3.14. The zero-order valence-electron chi connectivity index (χ0n) is 20.2. The molecule has 5 rings (SSSR count). The lowest BCUT2D eigenvalue weighted by molar-refractivity contribution is 0.0967. The molecule has 2 aliphatic heterocycles. The number of pyridine rings is 1. The van der Waals surface area contributed by atoms with Crippen molar-refractivity contribution in [3.05, 3.63) is 64.9 Å². The van der Waals surface area contributed by atoms with Crippen molar-refractivity contribution in [2.24, 2.45) is 0 Å². The van der Waals surface area contributed by atoms with Crippen LogP contribution in [-0.2, 0) is 19.5 Å². The molecule has 0 radical (unpaired) electrons. The van der Waals surface area contributed by atoms with Crippen LogP contribution in [0.25, 0.3) is 11.3 Å². The van der Waals surface area contributed by atoms with E-state index >= 15 is 4.39 Å². The van der Waals surface area contributed by atoms with Gasteiger partial charge in [-0.25, -0.2) is 18.7 Å². The monoisotopic (exact) mass is 465 g/mol. The van der Waals surface area contributed by atoms with E-state index in [0.29, 0.717) is 30.0 Å². The Kier molecular flexibility index (Phi) is 5.51. The summed E-state index contributed by atoms with van der Waals surface area (Å²) in [5, 5.41) is 0. The van der Waals surface area contributed by atoms with Gasteiger partial charge in [0, 0.05) is 30.4 Å². The van der Waals surface area contributed by atoms with Gasteiger partial charge in [-0.2, -0.15) is 0 Å². The van der Waals surface area contributed by atoms with E-state index in [1.807, 2.05) is 33.8 Å². The lowest BCUT2D eigenvalue weighted by atomic mass is 10.0. The SMILES string of the molecule is CC(C)N1CC(C)(C)Oc2c(F)cc(-c3nc(Cc4ccc5c(n4)CN(C)C5)ncc3F)cc21. The summed E-state index contributed by atoms with van der Waals surface area (Å²) in [6.45, 7) is 10.2. The number of fused-ring (bicyclic) bond motifs is 2. The Morgan fingerprint density at radius 2 is 1.88 bits per heavy atom. The van der Waals surface area contributed by atoms with Gasteiger partial charge in [0.2, 0.25) is 0 Å². The van der Waals surface area contributed by atoms with Crippen LogP contribution in [0.3, 0.4) is 0 Å². The van der Waals surface area contributed by atoms with Crippen molar-refractivity contribution in [1.29, 1.82) is 0 Å². The van der Waals surface area contributed by atoms with Crippen molar-refractivity contribution in [3.63, 3.8) is 0 Å². The predicted octanol–water partition coefficient (Wildman–Crippen LogP) is 4.74. The number of ether oxygens (including phenoxy) is 1. The Labute approximate surface area is 198 Å². The van der Waals surface area contributed by atoms with Crippen molar-refractivity contribution < 1.29 is 13.5 Å². The molecule has 6 nitrogen and oxygen atoms in total. The molecular weight excluding hydrogens is 436 g/mol. The highest BCUT2D eigenvalue weighted by Crippen LogP contribution is 2.42. The Morgan fingerprint density at radius 1 is 1.09 bits per heavy atom. The molecule has 0 saturated carbocycles. The van der Waals surface area contributed by atoms with Crippen molar-refractivity contribution in [1.82, 2.24) is 19.9 Å². The third-order valence-corrected chi connectivity index (χ3v) is 6.28. The van der Waals surface area contributed by atoms with Gasteiger partial charge in [-0.05, 0) is 58.5 Å². The van der Waals surface area contributed by atoms with Crippen molar-refractivity contribution in [3.8, 4) is 17.0 Å². The number of anilines is 1. The minimum atomic E-state index is -0.597. The molecule has 0 saturated heterocycles. The summed E-state index contributed by atoms with van der Waals surface area (Å²) >= 11 is 0. The quantitative estimate of drug-likeness (QED) is 0.555. The van der Waals surface area contributed by atoms with Crippen LogP contribution in [0.4, 0.5) is 14.5 Å². The van der Waals surface area contributed by atoms with E-state index in [2.05, 4.69) is 32.9 Å². The summed E-state index contributed by atoms with van der Waals surface area (Å²) in [4.78, 5) is 17.7. The van der Waals surface area contributed by atoms with Gasteiger partial charge in [-0.1, -0.05) is 6.07 Å². The van der Waals surface area contributed by atoms with E-state index in [4.69, 9.17) is 9.72 Å². The minimum absolute atomic E-state index is 0.0705. The molecule has 4 heterocycles. The van der Waals surface area contributed by atoms with Crippen LogP contribution in [0.1, 0.15) is 50.5 Å². The molecule has 0 spiro atoms. The van der Waals surface area contributed by atoms with Crippen molar-refractivity contribution in [2.75, 3.05) is 18.5 Å². The molecule has 0 N–H and O–H groups in total. The zero-order chi connectivity index (χ0) is 24.2. The maximum atomic E-state index is 15.2. The van der Waals surface area contributed by atoms with Gasteiger partial charge in [-0.3, -0.25) is 9.88 Å². The third-order valence-electron chi connectivity index (χ3n) is 6.28. The Morgan fingerprint density at radius 3 is 2.65 bits per heavy atom. The summed E-state index contributed by atoms with van der Waals surface area (Å²) in [6.07, 6.45) is 1.52. The van der Waals surface area contributed by atoms with Crippen molar-refractivity contribution in [2.45, 2.75) is 58.8 Å². The Hall–Kier alpha value is -3.13. The van der Waals surface area contributed by atoms with E-state index in [1.165, 1.54) is 11.6 Å². The van der Waals surface area contributed by atoms with Crippen LogP contribution in [0.5, 0.6) is 5.75 Å². The summed E-state index contributed by atoms with van der Waals surface area (Å²) in [5.74, 6) is -0.503. The second kappa shape index (κ2) is 8.27. The number of hydrogen-bond donors (Lipinski definition) is 0. The van der Waals surface area contributed by atoms with Crippen LogP contribution < -0.4 is 9.64 Å². The standard InChI is InChI=1S/C26H29F2N5O/c1-15(2)33-14-26(3,4)34-25-19(27)8-17(9-22(25)33)24-20(28)11-29-23(31-24)10-18-7-6-16-12-32(5)13-21(16)30-18/h6-9,11,15H,10,12-14H2,1-5H3. The second-order valence-electron chi connectivity index (χ2n) is 10.1. The maximum Gasteiger partial charge on any atom is 0.179 e. The average molecular weight is 466 g/mol. The molecule has 3 aromatic rings. The minimum Gasteiger partial charge on any atom is -0.481 e. The molecule has 1 aromatic carbocycles. The Balaban J connectivity index is 1.50. The first-order valence-electron chi connectivity index (χ1n) is 11.6.